The monoisotopic (exact) mass is 354 g/mol. The number of rotatable bonds is 6. The van der Waals surface area contributed by atoms with Gasteiger partial charge in [0.25, 0.3) is 0 Å². The Bertz CT molecular complexity index is 685. The Morgan fingerprint density at radius 2 is 1.92 bits per heavy atom. The maximum Gasteiger partial charge on any atom is 0.244 e. The highest BCUT2D eigenvalue weighted by Crippen LogP contribution is 2.26. The predicted molar refractivity (Wildman–Crippen MR) is 104 cm³/mol. The van der Waals surface area contributed by atoms with E-state index in [1.165, 1.54) is 5.56 Å². The van der Waals surface area contributed by atoms with E-state index in [4.69, 9.17) is 0 Å². The van der Waals surface area contributed by atoms with E-state index in [1.807, 2.05) is 42.1 Å². The van der Waals surface area contributed by atoms with Crippen LogP contribution < -0.4 is 0 Å². The van der Waals surface area contributed by atoms with Gasteiger partial charge in [-0.3, -0.25) is 14.4 Å². The minimum absolute atomic E-state index is 0.198. The van der Waals surface area contributed by atoms with Crippen LogP contribution in [0.25, 0.3) is 0 Å². The van der Waals surface area contributed by atoms with Crippen molar-refractivity contribution >= 4 is 5.91 Å². The van der Waals surface area contributed by atoms with Gasteiger partial charge in [-0.2, -0.15) is 5.10 Å². The van der Waals surface area contributed by atoms with Crippen molar-refractivity contribution in [2.75, 3.05) is 27.2 Å². The van der Waals surface area contributed by atoms with Crippen molar-refractivity contribution in [1.82, 2.24) is 19.6 Å². The summed E-state index contributed by atoms with van der Waals surface area (Å²) in [6.07, 6.45) is 7.15. The Morgan fingerprint density at radius 3 is 2.50 bits per heavy atom. The summed E-state index contributed by atoms with van der Waals surface area (Å²) in [5.74, 6) is 0.907. The molecule has 0 aliphatic carbocycles. The highest BCUT2D eigenvalue weighted by molar-refractivity contribution is 5.83. The van der Waals surface area contributed by atoms with Crippen LogP contribution in [0.1, 0.15) is 36.4 Å². The van der Waals surface area contributed by atoms with Gasteiger partial charge in [0.2, 0.25) is 5.91 Å². The third-order valence-corrected chi connectivity index (χ3v) is 5.40. The average molecular weight is 354 g/mol. The number of carbonyl (C=O) groups is 1. The molecule has 2 aromatic rings. The normalized spacial score (nSPS) is 16.8. The number of likely N-dealkylation sites (N-methyl/N-ethyl adjacent to an activating group) is 1. The summed E-state index contributed by atoms with van der Waals surface area (Å²) >= 11 is 0. The predicted octanol–water partition coefficient (Wildman–Crippen LogP) is 3.12. The molecule has 1 unspecified atom stereocenters. The molecule has 2 heterocycles. The molecule has 1 fully saturated rings. The standard InChI is InChI=1S/C21H30N4O/c1-17-5-7-19(8-6-17)20(23(2)3)21(26)24-14-9-18(10-15-24)11-16-25-13-4-12-22-25/h4-8,12-13,18,20H,9-11,14-16H2,1-3H3. The van der Waals surface area contributed by atoms with Crippen molar-refractivity contribution in [2.45, 2.75) is 38.8 Å². The highest BCUT2D eigenvalue weighted by atomic mass is 16.2. The van der Waals surface area contributed by atoms with Crippen LogP contribution in [0.2, 0.25) is 0 Å². The van der Waals surface area contributed by atoms with Gasteiger partial charge in [-0.05, 0) is 57.8 Å². The molecule has 1 atom stereocenters. The number of piperidine rings is 1. The van der Waals surface area contributed by atoms with Crippen molar-refractivity contribution < 1.29 is 4.79 Å². The molecular formula is C21H30N4O. The third-order valence-electron chi connectivity index (χ3n) is 5.40. The summed E-state index contributed by atoms with van der Waals surface area (Å²) in [6, 6.07) is 10.1. The molecule has 1 amide bonds. The molecule has 5 heteroatoms. The molecule has 0 radical (unpaired) electrons. The zero-order valence-corrected chi connectivity index (χ0v) is 16.1. The van der Waals surface area contributed by atoms with E-state index in [-0.39, 0.29) is 11.9 Å². The van der Waals surface area contributed by atoms with Gasteiger partial charge >= 0.3 is 0 Å². The zero-order valence-electron chi connectivity index (χ0n) is 16.1. The topological polar surface area (TPSA) is 41.4 Å². The van der Waals surface area contributed by atoms with Crippen LogP contribution in [0.4, 0.5) is 0 Å². The van der Waals surface area contributed by atoms with E-state index in [2.05, 4.69) is 41.2 Å². The molecule has 1 saturated heterocycles. The Balaban J connectivity index is 1.56. The average Bonchev–Trinajstić information content (AvgIpc) is 3.15. The first-order chi connectivity index (χ1) is 12.5. The van der Waals surface area contributed by atoms with Gasteiger partial charge in [-0.25, -0.2) is 0 Å². The summed E-state index contributed by atoms with van der Waals surface area (Å²) in [4.78, 5) is 17.2. The van der Waals surface area contributed by atoms with Crippen LogP contribution in [0.3, 0.4) is 0 Å². The first-order valence-electron chi connectivity index (χ1n) is 9.54. The fraction of sp³-hybridized carbons (Fsp3) is 0.524. The molecule has 3 rings (SSSR count). The number of carbonyl (C=O) groups excluding carboxylic acids is 1. The van der Waals surface area contributed by atoms with E-state index < -0.39 is 0 Å². The first-order valence-corrected chi connectivity index (χ1v) is 9.54. The molecule has 1 aromatic heterocycles. The van der Waals surface area contributed by atoms with Crippen molar-refractivity contribution in [1.29, 1.82) is 0 Å². The second-order valence-electron chi connectivity index (χ2n) is 7.60. The number of aryl methyl sites for hydroxylation is 2. The Hall–Kier alpha value is -2.14. The molecule has 140 valence electrons. The smallest absolute Gasteiger partial charge is 0.244 e. The number of aromatic nitrogens is 2. The van der Waals surface area contributed by atoms with E-state index >= 15 is 0 Å². The van der Waals surface area contributed by atoms with Crippen LogP contribution in [0, 0.1) is 12.8 Å². The van der Waals surface area contributed by atoms with Gasteiger partial charge in [0.15, 0.2) is 0 Å². The molecule has 0 spiro atoms. The summed E-state index contributed by atoms with van der Waals surface area (Å²) in [6.45, 7) is 4.76. The second-order valence-corrected chi connectivity index (χ2v) is 7.60. The van der Waals surface area contributed by atoms with Crippen LogP contribution in [0.15, 0.2) is 42.7 Å². The summed E-state index contributed by atoms with van der Waals surface area (Å²) < 4.78 is 2.00. The molecular weight excluding hydrogens is 324 g/mol. The van der Waals surface area contributed by atoms with Crippen LogP contribution in [-0.2, 0) is 11.3 Å². The Kier molecular flexibility index (Phi) is 6.09. The summed E-state index contributed by atoms with van der Waals surface area (Å²) in [5.41, 5.74) is 2.29. The number of hydrogen-bond acceptors (Lipinski definition) is 3. The number of amides is 1. The number of benzene rings is 1. The molecule has 0 bridgehead atoms. The molecule has 0 N–H and O–H groups in total. The zero-order chi connectivity index (χ0) is 18.5. The lowest BCUT2D eigenvalue weighted by atomic mass is 9.92. The van der Waals surface area contributed by atoms with Gasteiger partial charge < -0.3 is 4.90 Å². The van der Waals surface area contributed by atoms with Crippen molar-refractivity contribution in [3.8, 4) is 0 Å². The van der Waals surface area contributed by atoms with E-state index in [1.54, 1.807) is 0 Å². The van der Waals surface area contributed by atoms with Gasteiger partial charge in [0.05, 0.1) is 0 Å². The SMILES string of the molecule is Cc1ccc(C(C(=O)N2CCC(CCn3cccn3)CC2)N(C)C)cc1. The van der Waals surface area contributed by atoms with Gasteiger partial charge in [-0.1, -0.05) is 29.8 Å². The van der Waals surface area contributed by atoms with Crippen molar-refractivity contribution in [3.05, 3.63) is 53.9 Å². The number of nitrogens with zero attached hydrogens (tertiary/aromatic N) is 4. The molecule has 0 saturated carbocycles. The Labute approximate surface area is 156 Å². The van der Waals surface area contributed by atoms with Crippen molar-refractivity contribution in [3.63, 3.8) is 0 Å². The quantitative estimate of drug-likeness (QED) is 0.800. The summed E-state index contributed by atoms with van der Waals surface area (Å²) in [5, 5.41) is 4.27. The van der Waals surface area contributed by atoms with E-state index in [0.717, 1.165) is 44.5 Å². The number of hydrogen-bond donors (Lipinski definition) is 0. The number of likely N-dealkylation sites (tertiary alicyclic amines) is 1. The Morgan fingerprint density at radius 1 is 1.23 bits per heavy atom. The minimum atomic E-state index is -0.198. The van der Waals surface area contributed by atoms with E-state index in [0.29, 0.717) is 5.92 Å². The van der Waals surface area contributed by atoms with Gasteiger partial charge in [0, 0.05) is 32.0 Å². The van der Waals surface area contributed by atoms with Crippen molar-refractivity contribution in [2.24, 2.45) is 5.92 Å². The largest absolute Gasteiger partial charge is 0.341 e. The fourth-order valence-corrected chi connectivity index (χ4v) is 3.77. The van der Waals surface area contributed by atoms with Gasteiger partial charge in [-0.15, -0.1) is 0 Å². The molecule has 1 aromatic carbocycles. The molecule has 1 aliphatic heterocycles. The maximum atomic E-state index is 13.1. The van der Waals surface area contributed by atoms with Gasteiger partial charge in [0.1, 0.15) is 6.04 Å². The third kappa shape index (κ3) is 4.52. The highest BCUT2D eigenvalue weighted by Gasteiger charge is 2.30. The first kappa shape index (κ1) is 18.6. The fourth-order valence-electron chi connectivity index (χ4n) is 3.77. The van der Waals surface area contributed by atoms with E-state index in [9.17, 15) is 4.79 Å². The molecule has 5 nitrogen and oxygen atoms in total. The summed E-state index contributed by atoms with van der Waals surface area (Å²) in [7, 11) is 3.97. The molecule has 26 heavy (non-hydrogen) atoms. The second kappa shape index (κ2) is 8.49. The lowest BCUT2D eigenvalue weighted by Crippen LogP contribution is -2.44. The van der Waals surface area contributed by atoms with Crippen LogP contribution in [-0.4, -0.2) is 52.7 Å². The maximum absolute atomic E-state index is 13.1. The molecule has 1 aliphatic rings. The lowest BCUT2D eigenvalue weighted by molar-refractivity contribution is -0.137. The van der Waals surface area contributed by atoms with Crippen LogP contribution >= 0.6 is 0 Å². The minimum Gasteiger partial charge on any atom is -0.341 e. The lowest BCUT2D eigenvalue weighted by Gasteiger charge is -2.36. The van der Waals surface area contributed by atoms with Crippen LogP contribution in [0.5, 0.6) is 0 Å².